The average molecular weight is 391 g/mol. The van der Waals surface area contributed by atoms with Gasteiger partial charge in [0, 0.05) is 29.6 Å². The van der Waals surface area contributed by atoms with Crippen molar-refractivity contribution < 1.29 is 22.8 Å². The van der Waals surface area contributed by atoms with Crippen molar-refractivity contribution in [2.24, 2.45) is 11.8 Å². The SMILES string of the molecule is CONc1cc(C(F)(F)F)ccc1/C(=C(\C)Cl)N1CCC(C=O)C(C)C1. The quantitative estimate of drug-likeness (QED) is 0.581. The predicted molar refractivity (Wildman–Crippen MR) is 95.4 cm³/mol. The smallest absolute Gasteiger partial charge is 0.370 e. The van der Waals surface area contributed by atoms with Gasteiger partial charge in [-0.05, 0) is 31.4 Å². The number of hydrogen-bond donors (Lipinski definition) is 1. The molecule has 4 nitrogen and oxygen atoms in total. The summed E-state index contributed by atoms with van der Waals surface area (Å²) >= 11 is 6.31. The molecular weight excluding hydrogens is 369 g/mol. The van der Waals surface area contributed by atoms with Gasteiger partial charge in [-0.1, -0.05) is 24.6 Å². The van der Waals surface area contributed by atoms with Crippen LogP contribution in [0.3, 0.4) is 0 Å². The van der Waals surface area contributed by atoms with Gasteiger partial charge in [0.05, 0.1) is 24.1 Å². The number of rotatable bonds is 5. The Labute approximate surface area is 155 Å². The van der Waals surface area contributed by atoms with Gasteiger partial charge in [-0.25, -0.2) is 0 Å². The number of alkyl halides is 3. The number of piperidine rings is 1. The number of anilines is 1. The van der Waals surface area contributed by atoms with E-state index in [4.69, 9.17) is 16.4 Å². The highest BCUT2D eigenvalue weighted by atomic mass is 35.5. The fraction of sp³-hybridized carbons (Fsp3) is 0.500. The zero-order valence-corrected chi connectivity index (χ0v) is 15.6. The van der Waals surface area contributed by atoms with Crippen molar-refractivity contribution >= 4 is 29.3 Å². The van der Waals surface area contributed by atoms with Crippen LogP contribution in [0.4, 0.5) is 18.9 Å². The number of carbonyl (C=O) groups is 1. The molecular formula is C18H22ClF3N2O2. The summed E-state index contributed by atoms with van der Waals surface area (Å²) in [6.45, 7) is 4.87. The molecule has 26 heavy (non-hydrogen) atoms. The minimum Gasteiger partial charge on any atom is -0.370 e. The molecule has 2 atom stereocenters. The number of nitrogens with zero attached hydrogens (tertiary/aromatic N) is 1. The van der Waals surface area contributed by atoms with Crippen molar-refractivity contribution in [3.8, 4) is 0 Å². The lowest BCUT2D eigenvalue weighted by Crippen LogP contribution is -2.39. The first kappa shape index (κ1) is 20.6. The molecule has 0 aliphatic carbocycles. The molecule has 0 saturated carbocycles. The Hall–Kier alpha value is -1.73. The predicted octanol–water partition coefficient (Wildman–Crippen LogP) is 4.76. The summed E-state index contributed by atoms with van der Waals surface area (Å²) in [7, 11) is 1.33. The maximum atomic E-state index is 13.0. The van der Waals surface area contributed by atoms with Crippen LogP contribution in [-0.2, 0) is 15.8 Å². The topological polar surface area (TPSA) is 41.6 Å². The van der Waals surface area contributed by atoms with Crippen LogP contribution in [0, 0.1) is 11.8 Å². The first-order valence-corrected chi connectivity index (χ1v) is 8.64. The molecule has 0 spiro atoms. The van der Waals surface area contributed by atoms with Crippen LogP contribution in [0.1, 0.15) is 31.4 Å². The Morgan fingerprint density at radius 3 is 2.62 bits per heavy atom. The Bertz CT molecular complexity index is 688. The third-order valence-electron chi connectivity index (χ3n) is 4.60. The van der Waals surface area contributed by atoms with Gasteiger partial charge in [-0.3, -0.25) is 10.3 Å². The van der Waals surface area contributed by atoms with Crippen LogP contribution < -0.4 is 5.48 Å². The normalized spacial score (nSPS) is 22.0. The Morgan fingerprint density at radius 1 is 1.42 bits per heavy atom. The van der Waals surface area contributed by atoms with Crippen molar-refractivity contribution in [1.29, 1.82) is 0 Å². The third kappa shape index (κ3) is 4.51. The maximum absolute atomic E-state index is 13.0. The number of allylic oxidation sites excluding steroid dienone is 1. The van der Waals surface area contributed by atoms with E-state index in [2.05, 4.69) is 5.48 Å². The van der Waals surface area contributed by atoms with E-state index in [1.54, 1.807) is 6.92 Å². The number of benzene rings is 1. The zero-order valence-electron chi connectivity index (χ0n) is 14.9. The van der Waals surface area contributed by atoms with Gasteiger partial charge < -0.3 is 9.69 Å². The highest BCUT2D eigenvalue weighted by Crippen LogP contribution is 2.38. The molecule has 0 bridgehead atoms. The highest BCUT2D eigenvalue weighted by Gasteiger charge is 2.33. The van der Waals surface area contributed by atoms with E-state index in [1.165, 1.54) is 13.2 Å². The van der Waals surface area contributed by atoms with Crippen molar-refractivity contribution in [1.82, 2.24) is 4.90 Å². The second kappa shape index (κ2) is 8.31. The molecule has 144 valence electrons. The van der Waals surface area contributed by atoms with E-state index in [0.717, 1.165) is 18.4 Å². The second-order valence-corrected chi connectivity index (χ2v) is 7.03. The maximum Gasteiger partial charge on any atom is 0.416 e. The summed E-state index contributed by atoms with van der Waals surface area (Å²) in [6, 6.07) is 3.42. The van der Waals surface area contributed by atoms with E-state index in [1.807, 2.05) is 11.8 Å². The van der Waals surface area contributed by atoms with Gasteiger partial charge in [-0.15, -0.1) is 0 Å². The summed E-state index contributed by atoms with van der Waals surface area (Å²) < 4.78 is 39.1. The molecule has 0 amide bonds. The van der Waals surface area contributed by atoms with Gasteiger partial charge in [0.15, 0.2) is 0 Å². The summed E-state index contributed by atoms with van der Waals surface area (Å²) in [5.41, 5.74) is 3.08. The van der Waals surface area contributed by atoms with Crippen LogP contribution >= 0.6 is 11.6 Å². The van der Waals surface area contributed by atoms with Crippen molar-refractivity contribution in [3.63, 3.8) is 0 Å². The molecule has 2 rings (SSSR count). The lowest BCUT2D eigenvalue weighted by Gasteiger charge is -2.38. The van der Waals surface area contributed by atoms with Gasteiger partial charge in [-0.2, -0.15) is 13.2 Å². The van der Waals surface area contributed by atoms with E-state index in [-0.39, 0.29) is 17.5 Å². The second-order valence-electron chi connectivity index (χ2n) is 6.46. The molecule has 2 unspecified atom stereocenters. The summed E-state index contributed by atoms with van der Waals surface area (Å²) in [4.78, 5) is 18.0. The van der Waals surface area contributed by atoms with Gasteiger partial charge >= 0.3 is 6.18 Å². The van der Waals surface area contributed by atoms with Gasteiger partial charge in [0.2, 0.25) is 0 Å². The van der Waals surface area contributed by atoms with E-state index in [9.17, 15) is 18.0 Å². The molecule has 1 saturated heterocycles. The molecule has 1 fully saturated rings. The molecule has 1 N–H and O–H groups in total. The highest BCUT2D eigenvalue weighted by molar-refractivity contribution is 6.32. The number of halogens is 4. The Kier molecular flexibility index (Phi) is 6.58. The van der Waals surface area contributed by atoms with Gasteiger partial charge in [0.1, 0.15) is 6.29 Å². The Morgan fingerprint density at radius 2 is 2.12 bits per heavy atom. The molecule has 1 aromatic carbocycles. The molecule has 0 aromatic heterocycles. The van der Waals surface area contributed by atoms with Crippen molar-refractivity contribution in [2.45, 2.75) is 26.4 Å². The molecule has 0 radical (unpaired) electrons. The molecule has 8 heteroatoms. The molecule has 1 aromatic rings. The fourth-order valence-corrected chi connectivity index (χ4v) is 3.49. The lowest BCUT2D eigenvalue weighted by atomic mass is 9.87. The molecule has 1 aliphatic heterocycles. The number of nitrogens with one attached hydrogen (secondary N) is 1. The number of carbonyl (C=O) groups excluding carboxylic acids is 1. The zero-order chi connectivity index (χ0) is 19.5. The van der Waals surface area contributed by atoms with Crippen molar-refractivity contribution in [3.05, 3.63) is 34.4 Å². The van der Waals surface area contributed by atoms with E-state index >= 15 is 0 Å². The van der Waals surface area contributed by atoms with Crippen LogP contribution in [0.2, 0.25) is 0 Å². The van der Waals surface area contributed by atoms with Crippen LogP contribution in [0.15, 0.2) is 23.2 Å². The van der Waals surface area contributed by atoms with E-state index in [0.29, 0.717) is 35.8 Å². The Balaban J connectivity index is 2.45. The fourth-order valence-electron chi connectivity index (χ4n) is 3.26. The summed E-state index contributed by atoms with van der Waals surface area (Å²) in [6.07, 6.45) is -2.82. The first-order chi connectivity index (χ1) is 12.2. The van der Waals surface area contributed by atoms with Crippen LogP contribution in [-0.4, -0.2) is 31.4 Å². The molecule has 1 heterocycles. The van der Waals surface area contributed by atoms with Crippen LogP contribution in [0.25, 0.3) is 5.70 Å². The minimum atomic E-state index is -4.46. The monoisotopic (exact) mass is 390 g/mol. The molecule has 1 aliphatic rings. The first-order valence-electron chi connectivity index (χ1n) is 8.26. The van der Waals surface area contributed by atoms with E-state index < -0.39 is 11.7 Å². The van der Waals surface area contributed by atoms with Gasteiger partial charge in [0.25, 0.3) is 0 Å². The third-order valence-corrected chi connectivity index (χ3v) is 4.78. The number of likely N-dealkylation sites (tertiary alicyclic amines) is 1. The summed E-state index contributed by atoms with van der Waals surface area (Å²) in [5, 5.41) is 0.459. The summed E-state index contributed by atoms with van der Waals surface area (Å²) in [5.74, 6) is 0.104. The number of aldehydes is 1. The minimum absolute atomic E-state index is 0.0210. The number of hydrogen-bond acceptors (Lipinski definition) is 4. The van der Waals surface area contributed by atoms with Crippen LogP contribution in [0.5, 0.6) is 0 Å². The standard InChI is InChI=1S/C18H22ClF3N2O2/c1-11-9-24(7-6-13(11)10-25)17(12(2)19)15-5-4-14(18(20,21)22)8-16(15)23-26-3/h4-5,8,10-11,13,23H,6-7,9H2,1-3H3/b17-12-. The largest absolute Gasteiger partial charge is 0.416 e. The van der Waals surface area contributed by atoms with Crippen molar-refractivity contribution in [2.75, 3.05) is 25.7 Å². The average Bonchev–Trinajstić information content (AvgIpc) is 2.55. The lowest BCUT2D eigenvalue weighted by molar-refractivity contribution is -0.137.